The molecule has 0 saturated carbocycles. The number of hydrogen-bond acceptors (Lipinski definition) is 9. The second-order valence-corrected chi connectivity index (χ2v) is 3.48. The van der Waals surface area contributed by atoms with Crippen molar-refractivity contribution in [2.75, 3.05) is 6.61 Å². The van der Waals surface area contributed by atoms with E-state index in [1.165, 1.54) is 0 Å². The first-order chi connectivity index (χ1) is 7.73. The van der Waals surface area contributed by atoms with E-state index in [9.17, 15) is 20.1 Å². The van der Waals surface area contributed by atoms with Crippen LogP contribution in [-0.4, -0.2) is 84.9 Å². The van der Waals surface area contributed by atoms with Gasteiger partial charge in [-0.15, -0.1) is 0 Å². The van der Waals surface area contributed by atoms with E-state index in [2.05, 4.69) is 0 Å². The third-order valence-electron chi connectivity index (χ3n) is 2.20. The average molecular weight is 294 g/mol. The van der Waals surface area contributed by atoms with Gasteiger partial charge in [0.2, 0.25) is 0 Å². The first-order valence-corrected chi connectivity index (χ1v) is 4.64. The van der Waals surface area contributed by atoms with Gasteiger partial charge in [-0.1, -0.05) is 0 Å². The Morgan fingerprint density at radius 2 is 1.28 bits per heavy atom. The Kier molecular flexibility index (Phi) is 11.4. The monoisotopic (exact) mass is 294 g/mol. The van der Waals surface area contributed by atoms with Gasteiger partial charge in [-0.2, -0.15) is 0 Å². The summed E-state index contributed by atoms with van der Waals surface area (Å²) >= 11 is 0. The molecule has 6 unspecified atom stereocenters. The number of carboxylic acid groups (broad SMARTS) is 1. The SMILES string of the molecule is O=C([O-])C(O)C(O)C(O)C(O)C(O)C(O)CO.[K+]. The van der Waals surface area contributed by atoms with E-state index in [4.69, 9.17) is 25.5 Å². The molecule has 0 radical (unpaired) electrons. The minimum absolute atomic E-state index is 0. The van der Waals surface area contributed by atoms with E-state index in [1.807, 2.05) is 0 Å². The summed E-state index contributed by atoms with van der Waals surface area (Å²) in [4.78, 5) is 10.2. The second-order valence-electron chi connectivity index (χ2n) is 3.48. The summed E-state index contributed by atoms with van der Waals surface area (Å²) < 4.78 is 0. The maximum atomic E-state index is 10.2. The van der Waals surface area contributed by atoms with Crippen LogP contribution in [0.15, 0.2) is 0 Å². The molecule has 0 amide bonds. The smallest absolute Gasteiger partial charge is 0.547 e. The van der Waals surface area contributed by atoms with Crippen LogP contribution >= 0.6 is 0 Å². The van der Waals surface area contributed by atoms with Gasteiger partial charge in [0, 0.05) is 0 Å². The molecule has 0 aliphatic heterocycles. The number of carbonyl (C=O) groups excluding carboxylic acids is 1. The molecule has 0 rings (SSSR count). The Morgan fingerprint density at radius 1 is 0.889 bits per heavy atom. The number of hydrogen-bond donors (Lipinski definition) is 7. The summed E-state index contributed by atoms with van der Waals surface area (Å²) in [6.45, 7) is -0.927. The fourth-order valence-corrected chi connectivity index (χ4v) is 1.07. The summed E-state index contributed by atoms with van der Waals surface area (Å²) in [5.74, 6) is -2.08. The average Bonchev–Trinajstić information content (AvgIpc) is 2.32. The quantitative estimate of drug-likeness (QED) is 0.224. The molecule has 7 N–H and O–H groups in total. The van der Waals surface area contributed by atoms with E-state index in [0.29, 0.717) is 0 Å². The maximum absolute atomic E-state index is 10.2. The number of carboxylic acids is 1. The fraction of sp³-hybridized carbons (Fsp3) is 0.875. The molecule has 6 atom stereocenters. The Hall–Kier alpha value is 0.826. The van der Waals surface area contributed by atoms with Crippen LogP contribution < -0.4 is 56.5 Å². The van der Waals surface area contributed by atoms with Crippen LogP contribution in [0, 0.1) is 0 Å². The van der Waals surface area contributed by atoms with Crippen molar-refractivity contribution >= 4 is 5.97 Å². The second kappa shape index (κ2) is 9.69. The van der Waals surface area contributed by atoms with Crippen molar-refractivity contribution in [3.05, 3.63) is 0 Å². The van der Waals surface area contributed by atoms with E-state index in [-0.39, 0.29) is 51.4 Å². The Labute approximate surface area is 145 Å². The summed E-state index contributed by atoms with van der Waals surface area (Å²) in [5, 5.41) is 73.1. The molecule has 0 fully saturated rings. The van der Waals surface area contributed by atoms with Gasteiger partial charge in [0.1, 0.15) is 36.6 Å². The minimum Gasteiger partial charge on any atom is -0.547 e. The fourth-order valence-electron chi connectivity index (χ4n) is 1.07. The number of carbonyl (C=O) groups is 1. The first kappa shape index (κ1) is 21.1. The molecule has 10 heteroatoms. The Morgan fingerprint density at radius 3 is 1.61 bits per heavy atom. The van der Waals surface area contributed by atoms with Crippen molar-refractivity contribution in [3.63, 3.8) is 0 Å². The molecule has 0 aromatic heterocycles. The van der Waals surface area contributed by atoms with Crippen molar-refractivity contribution in [1.82, 2.24) is 0 Å². The number of aliphatic carboxylic acids is 1. The maximum Gasteiger partial charge on any atom is 1.00 e. The number of aliphatic hydroxyl groups excluding tert-OH is 7. The van der Waals surface area contributed by atoms with Crippen LogP contribution in [0.25, 0.3) is 0 Å². The predicted molar refractivity (Wildman–Crippen MR) is 48.1 cm³/mol. The third kappa shape index (κ3) is 5.86. The predicted octanol–water partition coefficient (Wildman–Crippen LogP) is -9.10. The zero-order valence-electron chi connectivity index (χ0n) is 9.62. The van der Waals surface area contributed by atoms with Gasteiger partial charge in [0.15, 0.2) is 0 Å². The van der Waals surface area contributed by atoms with Crippen LogP contribution in [0.4, 0.5) is 0 Å². The molecule has 0 aromatic rings. The molecule has 102 valence electrons. The molecule has 9 nitrogen and oxygen atoms in total. The minimum atomic E-state index is -2.47. The van der Waals surface area contributed by atoms with Gasteiger partial charge < -0.3 is 45.6 Å². The summed E-state index contributed by atoms with van der Waals surface area (Å²) in [6, 6.07) is 0. The summed E-state index contributed by atoms with van der Waals surface area (Å²) in [5.41, 5.74) is 0. The molecule has 18 heavy (non-hydrogen) atoms. The molecule has 0 aliphatic carbocycles. The van der Waals surface area contributed by atoms with Crippen molar-refractivity contribution in [1.29, 1.82) is 0 Å². The molecule has 0 heterocycles. The van der Waals surface area contributed by atoms with Crippen LogP contribution in [-0.2, 0) is 4.79 Å². The van der Waals surface area contributed by atoms with Gasteiger partial charge in [-0.3, -0.25) is 0 Å². The Balaban J connectivity index is 0. The van der Waals surface area contributed by atoms with Crippen LogP contribution in [0.3, 0.4) is 0 Å². The van der Waals surface area contributed by atoms with Crippen LogP contribution in [0.5, 0.6) is 0 Å². The molecular formula is C8H15KO9. The molecular weight excluding hydrogens is 279 g/mol. The standard InChI is InChI=1S/C8H16O9.K/c9-1-2(10)3(11)4(12)5(13)6(14)7(15)8(16)17;/h2-7,9-15H,1H2,(H,16,17);/q;+1/p-1. The molecule has 0 spiro atoms. The van der Waals surface area contributed by atoms with E-state index >= 15 is 0 Å². The topological polar surface area (TPSA) is 182 Å². The largest absolute Gasteiger partial charge is 1.00 e. The van der Waals surface area contributed by atoms with Crippen LogP contribution in [0.1, 0.15) is 0 Å². The zero-order valence-corrected chi connectivity index (χ0v) is 12.7. The molecule has 0 aliphatic rings. The molecule has 0 saturated heterocycles. The first-order valence-electron chi connectivity index (χ1n) is 4.64. The van der Waals surface area contributed by atoms with Gasteiger partial charge in [0.05, 0.1) is 12.6 Å². The van der Waals surface area contributed by atoms with Gasteiger partial charge in [-0.05, 0) is 0 Å². The van der Waals surface area contributed by atoms with Crippen LogP contribution in [0.2, 0.25) is 0 Å². The van der Waals surface area contributed by atoms with E-state index in [0.717, 1.165) is 0 Å². The van der Waals surface area contributed by atoms with Crippen molar-refractivity contribution in [2.24, 2.45) is 0 Å². The number of aliphatic hydroxyl groups is 7. The van der Waals surface area contributed by atoms with E-state index in [1.54, 1.807) is 0 Å². The molecule has 0 aromatic carbocycles. The van der Waals surface area contributed by atoms with Crippen molar-refractivity contribution in [2.45, 2.75) is 36.6 Å². The normalized spacial score (nSPS) is 21.1. The van der Waals surface area contributed by atoms with Gasteiger partial charge in [-0.25, -0.2) is 0 Å². The number of rotatable bonds is 7. The zero-order chi connectivity index (χ0) is 13.7. The van der Waals surface area contributed by atoms with Gasteiger partial charge >= 0.3 is 51.4 Å². The van der Waals surface area contributed by atoms with Crippen molar-refractivity contribution in [3.8, 4) is 0 Å². The Bertz CT molecular complexity index is 251. The van der Waals surface area contributed by atoms with Gasteiger partial charge in [0.25, 0.3) is 0 Å². The summed E-state index contributed by atoms with van der Waals surface area (Å²) in [7, 11) is 0. The molecule has 0 bridgehead atoms. The summed E-state index contributed by atoms with van der Waals surface area (Å²) in [6.07, 6.45) is -13.0. The third-order valence-corrected chi connectivity index (χ3v) is 2.20. The van der Waals surface area contributed by atoms with Crippen molar-refractivity contribution < 1.29 is 97.0 Å². The van der Waals surface area contributed by atoms with E-state index < -0.39 is 49.2 Å².